The molecule has 7 nitrogen and oxygen atoms in total. The first-order valence-electron chi connectivity index (χ1n) is 10.6. The van der Waals surface area contributed by atoms with Crippen LogP contribution in [0.4, 0.5) is 8.78 Å². The average Bonchev–Trinajstić information content (AvgIpc) is 2.88. The molecule has 3 unspecified atom stereocenters. The Morgan fingerprint density at radius 1 is 1.20 bits per heavy atom. The lowest BCUT2D eigenvalue weighted by Gasteiger charge is -2.69. The topological polar surface area (TPSA) is 141 Å². The number of hydrogen-bond donors (Lipinski definition) is 5. The van der Waals surface area contributed by atoms with E-state index in [1.165, 1.54) is 13.8 Å². The van der Waals surface area contributed by atoms with E-state index in [1.54, 1.807) is 0 Å². The number of nitrogens with two attached hydrogens (primary N) is 1. The second kappa shape index (κ2) is 6.28. The standard InChI is InChI=1S/C21H31F2NO6/c1-17-4-3-10(26)5-11(17)12(22)7-19(24)13-6-14(27)20(30,16(29)9-25)18(13,2)8-15(28)21(17,19)23/h11-15,25,27-28,30H,3-9,24H2,1-2H3/t11-,12+,13-,14-,15?,17?,18?,19-,20+,21+/m1/s1. The van der Waals surface area contributed by atoms with Crippen molar-refractivity contribution in [2.75, 3.05) is 6.61 Å². The van der Waals surface area contributed by atoms with E-state index in [0.717, 1.165) is 0 Å². The van der Waals surface area contributed by atoms with Crippen LogP contribution in [-0.4, -0.2) is 73.8 Å². The van der Waals surface area contributed by atoms with Gasteiger partial charge in [0.25, 0.3) is 0 Å². The fourth-order valence-corrected chi connectivity index (χ4v) is 7.91. The molecule has 0 aromatic rings. The van der Waals surface area contributed by atoms with E-state index >= 15 is 8.78 Å². The van der Waals surface area contributed by atoms with Crippen molar-refractivity contribution < 1.29 is 38.8 Å². The van der Waals surface area contributed by atoms with Crippen LogP contribution in [0.25, 0.3) is 0 Å². The first-order valence-corrected chi connectivity index (χ1v) is 10.6. The van der Waals surface area contributed by atoms with Crippen molar-refractivity contribution in [2.24, 2.45) is 28.4 Å². The molecule has 170 valence electrons. The first kappa shape index (κ1) is 22.2. The number of alkyl halides is 2. The van der Waals surface area contributed by atoms with E-state index in [1.807, 2.05) is 0 Å². The summed E-state index contributed by atoms with van der Waals surface area (Å²) >= 11 is 0. The number of Topliss-reactive ketones (excluding diaryl/α,β-unsaturated/α-hetero) is 2. The summed E-state index contributed by atoms with van der Waals surface area (Å²) in [5.41, 5.74) is -3.23. The summed E-state index contributed by atoms with van der Waals surface area (Å²) in [4.78, 5) is 24.5. The van der Waals surface area contributed by atoms with Gasteiger partial charge in [-0.25, -0.2) is 8.78 Å². The number of carbonyl (C=O) groups excluding carboxylic acids is 2. The van der Waals surface area contributed by atoms with E-state index in [4.69, 9.17) is 5.73 Å². The summed E-state index contributed by atoms with van der Waals surface area (Å²) in [6.45, 7) is 1.92. The fourth-order valence-electron chi connectivity index (χ4n) is 7.91. The molecular weight excluding hydrogens is 400 g/mol. The molecule has 0 heterocycles. The largest absolute Gasteiger partial charge is 0.390 e. The van der Waals surface area contributed by atoms with Gasteiger partial charge in [-0.3, -0.25) is 9.59 Å². The summed E-state index contributed by atoms with van der Waals surface area (Å²) < 4.78 is 32.6. The molecule has 4 saturated carbocycles. The minimum Gasteiger partial charge on any atom is -0.390 e. The quantitative estimate of drug-likeness (QED) is 0.413. The van der Waals surface area contributed by atoms with Gasteiger partial charge >= 0.3 is 0 Å². The van der Waals surface area contributed by atoms with Gasteiger partial charge in [0.05, 0.1) is 17.7 Å². The van der Waals surface area contributed by atoms with E-state index in [0.29, 0.717) is 0 Å². The molecule has 30 heavy (non-hydrogen) atoms. The van der Waals surface area contributed by atoms with Crippen LogP contribution in [0.5, 0.6) is 0 Å². The highest BCUT2D eigenvalue weighted by molar-refractivity contribution is 5.90. The Hall–Kier alpha value is -1.00. The Labute approximate surface area is 173 Å². The van der Waals surface area contributed by atoms with E-state index in [9.17, 15) is 30.0 Å². The highest BCUT2D eigenvalue weighted by Gasteiger charge is 2.82. The van der Waals surface area contributed by atoms with Crippen molar-refractivity contribution in [3.63, 3.8) is 0 Å². The number of fused-ring (bicyclic) bond motifs is 5. The molecule has 10 atom stereocenters. The third kappa shape index (κ3) is 2.16. The number of carbonyl (C=O) groups is 2. The predicted octanol–water partition coefficient (Wildman–Crippen LogP) is -0.0463. The van der Waals surface area contributed by atoms with Crippen molar-refractivity contribution in [1.82, 2.24) is 0 Å². The summed E-state index contributed by atoms with van der Waals surface area (Å²) in [5, 5.41) is 42.4. The third-order valence-electron chi connectivity index (χ3n) is 9.52. The molecule has 6 N–H and O–H groups in total. The molecule has 4 fully saturated rings. The monoisotopic (exact) mass is 431 g/mol. The van der Waals surface area contributed by atoms with Gasteiger partial charge in [0.15, 0.2) is 17.1 Å². The van der Waals surface area contributed by atoms with Crippen LogP contribution in [0, 0.1) is 22.7 Å². The Balaban J connectivity index is 1.89. The molecule has 0 aromatic carbocycles. The molecule has 4 rings (SSSR count). The molecule has 0 saturated heterocycles. The summed E-state index contributed by atoms with van der Waals surface area (Å²) in [6.07, 6.45) is -6.17. The number of rotatable bonds is 2. The van der Waals surface area contributed by atoms with Crippen LogP contribution in [0.3, 0.4) is 0 Å². The van der Waals surface area contributed by atoms with Gasteiger partial charge in [-0.05, 0) is 25.2 Å². The minimum atomic E-state index is -2.48. The zero-order chi connectivity index (χ0) is 22.5. The SMILES string of the molecule is CC12CC(O)[C@]3(F)C4(C)CCC(=O)C[C@@H]4[C@@H](F)C[C@@]3(N)[C@@H]1C[C@@H](O)[C@]2(O)C(=O)CO. The first-order chi connectivity index (χ1) is 13.7. The molecule has 0 bridgehead atoms. The molecule has 0 radical (unpaired) electrons. The van der Waals surface area contributed by atoms with E-state index < -0.39 is 76.7 Å². The highest BCUT2D eigenvalue weighted by atomic mass is 19.1. The average molecular weight is 431 g/mol. The molecule has 0 amide bonds. The Morgan fingerprint density at radius 2 is 1.83 bits per heavy atom. The lowest BCUT2D eigenvalue weighted by Crippen LogP contribution is -2.83. The van der Waals surface area contributed by atoms with Crippen molar-refractivity contribution in [3.8, 4) is 0 Å². The molecular formula is C21H31F2NO6. The van der Waals surface area contributed by atoms with Crippen LogP contribution < -0.4 is 5.73 Å². The Morgan fingerprint density at radius 3 is 2.43 bits per heavy atom. The van der Waals surface area contributed by atoms with Crippen LogP contribution in [0.15, 0.2) is 0 Å². The highest BCUT2D eigenvalue weighted by Crippen LogP contribution is 2.71. The molecule has 4 aliphatic carbocycles. The summed E-state index contributed by atoms with van der Waals surface area (Å²) in [5.74, 6) is -3.14. The van der Waals surface area contributed by atoms with Gasteiger partial charge in [0.2, 0.25) is 0 Å². The maximum absolute atomic E-state index is 17.1. The van der Waals surface area contributed by atoms with Crippen molar-refractivity contribution in [3.05, 3.63) is 0 Å². The number of aliphatic hydroxyl groups is 4. The van der Waals surface area contributed by atoms with Gasteiger partial charge in [-0.2, -0.15) is 0 Å². The van der Waals surface area contributed by atoms with Gasteiger partial charge in [-0.1, -0.05) is 13.8 Å². The Kier molecular flexibility index (Phi) is 4.65. The number of aliphatic hydroxyl groups excluding tert-OH is 3. The zero-order valence-electron chi connectivity index (χ0n) is 17.3. The van der Waals surface area contributed by atoms with Gasteiger partial charge in [0, 0.05) is 36.0 Å². The van der Waals surface area contributed by atoms with Gasteiger partial charge in [0.1, 0.15) is 18.6 Å². The maximum atomic E-state index is 17.1. The zero-order valence-corrected chi connectivity index (χ0v) is 17.3. The smallest absolute Gasteiger partial charge is 0.192 e. The molecule has 0 aliphatic heterocycles. The number of hydrogen-bond acceptors (Lipinski definition) is 7. The fraction of sp³-hybridized carbons (Fsp3) is 0.905. The Bertz CT molecular complexity index is 797. The van der Waals surface area contributed by atoms with Gasteiger partial charge < -0.3 is 26.2 Å². The van der Waals surface area contributed by atoms with Crippen molar-refractivity contribution in [1.29, 1.82) is 0 Å². The minimum absolute atomic E-state index is 0.0370. The van der Waals surface area contributed by atoms with Crippen LogP contribution in [-0.2, 0) is 9.59 Å². The maximum Gasteiger partial charge on any atom is 0.192 e. The second-order valence-electron chi connectivity index (χ2n) is 10.5. The molecule has 0 spiro atoms. The second-order valence-corrected chi connectivity index (χ2v) is 10.5. The normalized spacial score (nSPS) is 58.0. The molecule has 4 aliphatic rings. The lowest BCUT2D eigenvalue weighted by molar-refractivity contribution is -0.274. The van der Waals surface area contributed by atoms with Crippen LogP contribution >= 0.6 is 0 Å². The van der Waals surface area contributed by atoms with Crippen molar-refractivity contribution in [2.45, 2.75) is 87.6 Å². The molecule has 9 heteroatoms. The van der Waals surface area contributed by atoms with Crippen LogP contribution in [0.1, 0.15) is 52.4 Å². The van der Waals surface area contributed by atoms with E-state index in [2.05, 4.69) is 0 Å². The number of halogens is 2. The summed E-state index contributed by atoms with van der Waals surface area (Å²) in [6, 6.07) is 0. The van der Waals surface area contributed by atoms with Crippen LogP contribution in [0.2, 0.25) is 0 Å². The summed E-state index contributed by atoms with van der Waals surface area (Å²) in [7, 11) is 0. The molecule has 0 aromatic heterocycles. The van der Waals surface area contributed by atoms with E-state index in [-0.39, 0.29) is 37.9 Å². The third-order valence-corrected chi connectivity index (χ3v) is 9.52. The lowest BCUT2D eigenvalue weighted by atomic mass is 9.39. The van der Waals surface area contributed by atoms with Crippen molar-refractivity contribution >= 4 is 11.6 Å². The predicted molar refractivity (Wildman–Crippen MR) is 101 cm³/mol. The van der Waals surface area contributed by atoms with Gasteiger partial charge in [-0.15, -0.1) is 0 Å². The number of ketones is 2.